The van der Waals surface area contributed by atoms with Crippen LogP contribution in [0.25, 0.3) is 0 Å². The van der Waals surface area contributed by atoms with Crippen LogP contribution in [0.3, 0.4) is 0 Å². The molecule has 0 amide bonds. The van der Waals surface area contributed by atoms with Crippen LogP contribution >= 0.6 is 15.9 Å². The minimum atomic E-state index is 0.548. The molecule has 3 rings (SSSR count). The Balaban J connectivity index is 1.90. The Morgan fingerprint density at radius 1 is 1.27 bits per heavy atom. The zero-order valence-corrected chi connectivity index (χ0v) is 15.1. The van der Waals surface area contributed by atoms with E-state index in [4.69, 9.17) is 9.84 Å². The van der Waals surface area contributed by atoms with Gasteiger partial charge in [0.25, 0.3) is 0 Å². The fourth-order valence-corrected chi connectivity index (χ4v) is 4.25. The summed E-state index contributed by atoms with van der Waals surface area (Å²) < 4.78 is 6.73. The van der Waals surface area contributed by atoms with Crippen molar-refractivity contribution in [2.24, 2.45) is 11.0 Å². The van der Waals surface area contributed by atoms with Crippen molar-refractivity contribution in [3.05, 3.63) is 28.2 Å². The van der Waals surface area contributed by atoms with Gasteiger partial charge in [-0.1, -0.05) is 34.8 Å². The Morgan fingerprint density at radius 3 is 2.73 bits per heavy atom. The summed E-state index contributed by atoms with van der Waals surface area (Å²) in [5.41, 5.74) is 2.77. The molecule has 0 N–H and O–H groups in total. The molecule has 0 saturated heterocycles. The maximum atomic E-state index is 5.65. The highest BCUT2D eigenvalue weighted by atomic mass is 79.9. The van der Waals surface area contributed by atoms with Crippen LogP contribution in [0.15, 0.2) is 27.8 Å². The zero-order valence-electron chi connectivity index (χ0n) is 13.5. The van der Waals surface area contributed by atoms with Crippen molar-refractivity contribution in [3.63, 3.8) is 0 Å². The second kappa shape index (κ2) is 7.03. The molecule has 1 heterocycles. The summed E-state index contributed by atoms with van der Waals surface area (Å²) in [6.07, 6.45) is 6.28. The molecule has 0 spiro atoms. The minimum Gasteiger partial charge on any atom is -0.496 e. The van der Waals surface area contributed by atoms with E-state index in [0.29, 0.717) is 11.8 Å². The van der Waals surface area contributed by atoms with E-state index in [1.807, 2.05) is 0 Å². The van der Waals surface area contributed by atoms with Crippen molar-refractivity contribution in [1.82, 2.24) is 5.01 Å². The van der Waals surface area contributed by atoms with Crippen LogP contribution in [0.4, 0.5) is 0 Å². The van der Waals surface area contributed by atoms with Gasteiger partial charge in [-0.3, -0.25) is 5.01 Å². The average molecular weight is 365 g/mol. The van der Waals surface area contributed by atoms with Gasteiger partial charge in [0.15, 0.2) is 0 Å². The maximum absolute atomic E-state index is 5.65. The summed E-state index contributed by atoms with van der Waals surface area (Å²) in [7, 11) is 1.77. The topological polar surface area (TPSA) is 24.8 Å². The van der Waals surface area contributed by atoms with Gasteiger partial charge >= 0.3 is 0 Å². The highest BCUT2D eigenvalue weighted by Crippen LogP contribution is 2.43. The standard InChI is InChI=1S/C18H25BrN2O/c1-3-21-11-10-17(20-21)15-7-5-4-6-14(15)16-9-8-13(19)12-18(16)22-2/h8-9,12,14-15H,3-7,10-11H2,1-2H3. The number of halogens is 1. The van der Waals surface area contributed by atoms with Gasteiger partial charge in [-0.05, 0) is 43.4 Å². The first-order valence-corrected chi connectivity index (χ1v) is 9.18. The summed E-state index contributed by atoms with van der Waals surface area (Å²) >= 11 is 3.55. The molecule has 0 radical (unpaired) electrons. The van der Waals surface area contributed by atoms with Gasteiger partial charge in [-0.15, -0.1) is 0 Å². The van der Waals surface area contributed by atoms with Crippen LogP contribution in [0.5, 0.6) is 5.75 Å². The smallest absolute Gasteiger partial charge is 0.123 e. The Hall–Kier alpha value is -1.03. The first-order valence-electron chi connectivity index (χ1n) is 8.38. The number of nitrogens with zero attached hydrogens (tertiary/aromatic N) is 2. The van der Waals surface area contributed by atoms with Gasteiger partial charge in [0.05, 0.1) is 7.11 Å². The molecule has 2 aliphatic rings. The third kappa shape index (κ3) is 3.17. The second-order valence-electron chi connectivity index (χ2n) is 6.27. The number of methoxy groups -OCH3 is 1. The molecule has 2 unspecified atom stereocenters. The lowest BCUT2D eigenvalue weighted by molar-refractivity contribution is 0.334. The number of ether oxygens (including phenoxy) is 1. The Kier molecular flexibility index (Phi) is 5.07. The van der Waals surface area contributed by atoms with Crippen LogP contribution in [0.1, 0.15) is 50.5 Å². The van der Waals surface area contributed by atoms with Gasteiger partial charge in [0.1, 0.15) is 5.75 Å². The van der Waals surface area contributed by atoms with E-state index in [0.717, 1.165) is 29.7 Å². The first kappa shape index (κ1) is 15.9. The molecular formula is C18H25BrN2O. The molecule has 22 heavy (non-hydrogen) atoms. The predicted molar refractivity (Wildman–Crippen MR) is 94.7 cm³/mol. The van der Waals surface area contributed by atoms with Crippen molar-refractivity contribution < 1.29 is 4.74 Å². The maximum Gasteiger partial charge on any atom is 0.123 e. The van der Waals surface area contributed by atoms with Crippen LogP contribution in [0.2, 0.25) is 0 Å². The summed E-state index contributed by atoms with van der Waals surface area (Å²) in [6.45, 7) is 4.29. The highest BCUT2D eigenvalue weighted by Gasteiger charge is 2.34. The lowest BCUT2D eigenvalue weighted by Crippen LogP contribution is -2.25. The third-order valence-corrected chi connectivity index (χ3v) is 5.54. The molecule has 1 aliphatic carbocycles. The fraction of sp³-hybridized carbons (Fsp3) is 0.611. The quantitative estimate of drug-likeness (QED) is 0.765. The van der Waals surface area contributed by atoms with Crippen LogP contribution in [-0.4, -0.2) is 30.9 Å². The van der Waals surface area contributed by atoms with Crippen molar-refractivity contribution in [2.45, 2.75) is 44.9 Å². The lowest BCUT2D eigenvalue weighted by Gasteiger charge is -2.32. The van der Waals surface area contributed by atoms with Gasteiger partial charge < -0.3 is 4.74 Å². The zero-order chi connectivity index (χ0) is 15.5. The molecule has 1 fully saturated rings. The first-order chi connectivity index (χ1) is 10.7. The van der Waals surface area contributed by atoms with Crippen LogP contribution in [-0.2, 0) is 0 Å². The van der Waals surface area contributed by atoms with Gasteiger partial charge in [0, 0.05) is 35.6 Å². The summed E-state index contributed by atoms with van der Waals surface area (Å²) in [6, 6.07) is 6.47. The molecule has 0 bridgehead atoms. The number of rotatable bonds is 4. The van der Waals surface area contributed by atoms with Crippen molar-refractivity contribution in [1.29, 1.82) is 0 Å². The SMILES string of the molecule is CCN1CCC(C2CCCCC2c2ccc(Br)cc2OC)=N1. The molecular weight excluding hydrogens is 340 g/mol. The summed E-state index contributed by atoms with van der Waals surface area (Å²) in [5.74, 6) is 2.14. The van der Waals surface area contributed by atoms with Gasteiger partial charge in [-0.2, -0.15) is 5.10 Å². The number of benzene rings is 1. The predicted octanol–water partition coefficient (Wildman–Crippen LogP) is 4.81. The van der Waals surface area contributed by atoms with E-state index in [-0.39, 0.29) is 0 Å². The molecule has 0 aromatic heterocycles. The Morgan fingerprint density at radius 2 is 2.05 bits per heavy atom. The van der Waals surface area contributed by atoms with Crippen LogP contribution < -0.4 is 4.74 Å². The second-order valence-corrected chi connectivity index (χ2v) is 7.19. The molecule has 1 aliphatic heterocycles. The monoisotopic (exact) mass is 364 g/mol. The van der Waals surface area contributed by atoms with Crippen molar-refractivity contribution >= 4 is 21.6 Å². The molecule has 3 nitrogen and oxygen atoms in total. The number of hydrogen-bond acceptors (Lipinski definition) is 3. The molecule has 1 aromatic carbocycles. The van der Waals surface area contributed by atoms with E-state index >= 15 is 0 Å². The highest BCUT2D eigenvalue weighted by molar-refractivity contribution is 9.10. The van der Waals surface area contributed by atoms with E-state index in [1.54, 1.807) is 7.11 Å². The Bertz CT molecular complexity index is 558. The lowest BCUT2D eigenvalue weighted by atomic mass is 9.72. The summed E-state index contributed by atoms with van der Waals surface area (Å²) in [5, 5.41) is 7.09. The number of hydrogen-bond donors (Lipinski definition) is 0. The summed E-state index contributed by atoms with van der Waals surface area (Å²) in [4.78, 5) is 0. The minimum absolute atomic E-state index is 0.548. The largest absolute Gasteiger partial charge is 0.496 e. The van der Waals surface area contributed by atoms with E-state index in [9.17, 15) is 0 Å². The molecule has 1 aromatic rings. The molecule has 4 heteroatoms. The van der Waals surface area contributed by atoms with Gasteiger partial charge in [0.2, 0.25) is 0 Å². The fourth-order valence-electron chi connectivity index (χ4n) is 3.91. The molecule has 2 atom stereocenters. The molecule has 120 valence electrons. The van der Waals surface area contributed by atoms with Gasteiger partial charge in [-0.25, -0.2) is 0 Å². The average Bonchev–Trinajstić information content (AvgIpc) is 3.03. The third-order valence-electron chi connectivity index (χ3n) is 5.05. The number of hydrazone groups is 1. The normalized spacial score (nSPS) is 25.2. The van der Waals surface area contributed by atoms with E-state index in [2.05, 4.69) is 46.1 Å². The van der Waals surface area contributed by atoms with Crippen LogP contribution in [0, 0.1) is 5.92 Å². The van der Waals surface area contributed by atoms with Crippen molar-refractivity contribution in [3.8, 4) is 5.75 Å². The van der Waals surface area contributed by atoms with Crippen molar-refractivity contribution in [2.75, 3.05) is 20.2 Å². The van der Waals surface area contributed by atoms with E-state index < -0.39 is 0 Å². The Labute approximate surface area is 141 Å². The molecule has 1 saturated carbocycles. The van der Waals surface area contributed by atoms with E-state index in [1.165, 1.54) is 37.0 Å².